The highest BCUT2D eigenvalue weighted by Crippen LogP contribution is 2.35. The topological polar surface area (TPSA) is 68.1 Å². The van der Waals surface area contributed by atoms with Gasteiger partial charge in [-0.2, -0.15) is 0 Å². The van der Waals surface area contributed by atoms with Gasteiger partial charge in [-0.25, -0.2) is 4.99 Å². The summed E-state index contributed by atoms with van der Waals surface area (Å²) in [5.74, 6) is 1.03. The normalized spacial score (nSPS) is 11.1. The molecule has 0 unspecified atom stereocenters. The summed E-state index contributed by atoms with van der Waals surface area (Å²) in [6.45, 7) is 0. The van der Waals surface area contributed by atoms with Gasteiger partial charge in [-0.15, -0.1) is 11.3 Å². The van der Waals surface area contributed by atoms with E-state index in [0.29, 0.717) is 16.4 Å². The minimum absolute atomic E-state index is 0.141. The van der Waals surface area contributed by atoms with Crippen LogP contribution in [-0.2, 0) is 11.2 Å². The molecule has 2 aromatic carbocycles. The largest absolute Gasteiger partial charge is 0.506 e. The van der Waals surface area contributed by atoms with Crippen molar-refractivity contribution in [2.45, 2.75) is 6.42 Å². The number of rotatable bonds is 5. The van der Waals surface area contributed by atoms with Gasteiger partial charge in [-0.3, -0.25) is 4.79 Å². The fourth-order valence-electron chi connectivity index (χ4n) is 2.48. The van der Waals surface area contributed by atoms with Crippen LogP contribution in [0.4, 0.5) is 0 Å². The molecule has 128 valence electrons. The van der Waals surface area contributed by atoms with E-state index in [-0.39, 0.29) is 18.1 Å². The molecule has 0 spiro atoms. The van der Waals surface area contributed by atoms with Crippen molar-refractivity contribution in [2.75, 3.05) is 14.2 Å². The number of ether oxygens (including phenoxy) is 2. The number of aromatic hydroxyl groups is 1. The van der Waals surface area contributed by atoms with Gasteiger partial charge in [0, 0.05) is 10.1 Å². The lowest BCUT2D eigenvalue weighted by Gasteiger charge is -2.08. The molecule has 0 aliphatic carbocycles. The molecule has 1 aromatic heterocycles. The maximum atomic E-state index is 12.1. The summed E-state index contributed by atoms with van der Waals surface area (Å²) in [6.07, 6.45) is 1.56. The van der Waals surface area contributed by atoms with Crippen LogP contribution >= 0.6 is 11.3 Å². The van der Waals surface area contributed by atoms with E-state index in [1.54, 1.807) is 32.4 Å². The third-order valence-electron chi connectivity index (χ3n) is 3.72. The zero-order chi connectivity index (χ0) is 17.8. The van der Waals surface area contributed by atoms with E-state index in [2.05, 4.69) is 4.99 Å². The lowest BCUT2D eigenvalue weighted by atomic mass is 10.1. The SMILES string of the molecule is COc1ccc(CC(=O)N=Cc2sc3ccccc3c2O)cc1OC. The number of thiophene rings is 1. The fourth-order valence-corrected chi connectivity index (χ4v) is 3.45. The smallest absolute Gasteiger partial charge is 0.250 e. The lowest BCUT2D eigenvalue weighted by molar-refractivity contribution is -0.117. The standard InChI is InChI=1S/C19H17NO4S/c1-23-14-8-7-12(9-15(14)24-2)10-18(21)20-11-17-19(22)13-5-3-4-6-16(13)25-17/h3-9,11,22H,10H2,1-2H3. The van der Waals surface area contributed by atoms with Crippen molar-refractivity contribution >= 4 is 33.5 Å². The van der Waals surface area contributed by atoms with Crippen LogP contribution in [-0.4, -0.2) is 31.4 Å². The predicted molar refractivity (Wildman–Crippen MR) is 99.3 cm³/mol. The second kappa shape index (κ2) is 7.36. The first-order valence-electron chi connectivity index (χ1n) is 7.60. The van der Waals surface area contributed by atoms with Crippen LogP contribution in [0.15, 0.2) is 47.5 Å². The Morgan fingerprint density at radius 1 is 1.16 bits per heavy atom. The average molecular weight is 355 g/mol. The molecule has 5 nitrogen and oxygen atoms in total. The number of carbonyl (C=O) groups excluding carboxylic acids is 1. The number of carbonyl (C=O) groups is 1. The molecule has 0 bridgehead atoms. The highest BCUT2D eigenvalue weighted by atomic mass is 32.1. The van der Waals surface area contributed by atoms with Crippen molar-refractivity contribution in [3.05, 3.63) is 52.9 Å². The monoisotopic (exact) mass is 355 g/mol. The minimum Gasteiger partial charge on any atom is -0.506 e. The lowest BCUT2D eigenvalue weighted by Crippen LogP contribution is -2.00. The Labute approximate surface area is 149 Å². The van der Waals surface area contributed by atoms with Gasteiger partial charge >= 0.3 is 0 Å². The van der Waals surface area contributed by atoms with Crippen LogP contribution in [0.1, 0.15) is 10.4 Å². The Balaban J connectivity index is 1.75. The van der Waals surface area contributed by atoms with Crippen molar-refractivity contribution in [3.63, 3.8) is 0 Å². The van der Waals surface area contributed by atoms with Crippen LogP contribution < -0.4 is 9.47 Å². The molecule has 0 aliphatic heterocycles. The summed E-state index contributed by atoms with van der Waals surface area (Å²) in [4.78, 5) is 16.6. The number of hydrogen-bond donors (Lipinski definition) is 1. The highest BCUT2D eigenvalue weighted by Gasteiger charge is 2.10. The van der Waals surface area contributed by atoms with E-state index in [4.69, 9.17) is 9.47 Å². The molecule has 0 aliphatic rings. The molecule has 0 saturated carbocycles. The number of hydrogen-bond acceptors (Lipinski definition) is 5. The Morgan fingerprint density at radius 3 is 2.64 bits per heavy atom. The molecule has 0 atom stereocenters. The van der Waals surface area contributed by atoms with Gasteiger partial charge in [0.2, 0.25) is 5.91 Å². The summed E-state index contributed by atoms with van der Waals surface area (Å²) in [5.41, 5.74) is 0.778. The average Bonchev–Trinajstić information content (AvgIpc) is 2.96. The number of methoxy groups -OCH3 is 2. The van der Waals surface area contributed by atoms with E-state index in [9.17, 15) is 9.90 Å². The molecule has 25 heavy (non-hydrogen) atoms. The quantitative estimate of drug-likeness (QED) is 0.707. The molecular weight excluding hydrogens is 338 g/mol. The van der Waals surface area contributed by atoms with Crippen LogP contribution in [0.3, 0.4) is 0 Å². The maximum absolute atomic E-state index is 12.1. The van der Waals surface area contributed by atoms with Crippen molar-refractivity contribution in [2.24, 2.45) is 4.99 Å². The first-order chi connectivity index (χ1) is 12.1. The van der Waals surface area contributed by atoms with Crippen molar-refractivity contribution in [3.8, 4) is 17.2 Å². The van der Waals surface area contributed by atoms with Crippen LogP contribution in [0.25, 0.3) is 10.1 Å². The molecule has 3 rings (SSSR count). The number of nitrogens with zero attached hydrogens (tertiary/aromatic N) is 1. The summed E-state index contributed by atoms with van der Waals surface area (Å²) in [5, 5.41) is 11.0. The molecule has 0 radical (unpaired) electrons. The zero-order valence-electron chi connectivity index (χ0n) is 13.9. The van der Waals surface area contributed by atoms with Gasteiger partial charge in [0.15, 0.2) is 11.5 Å². The Morgan fingerprint density at radius 2 is 1.92 bits per heavy atom. The third kappa shape index (κ3) is 3.64. The molecular formula is C19H17NO4S. The molecule has 1 amide bonds. The maximum Gasteiger partial charge on any atom is 0.250 e. The number of benzene rings is 2. The Bertz CT molecular complexity index is 946. The van der Waals surface area contributed by atoms with E-state index in [1.165, 1.54) is 17.6 Å². The predicted octanol–water partition coefficient (Wildman–Crippen LogP) is 3.81. The van der Waals surface area contributed by atoms with Gasteiger partial charge in [0.25, 0.3) is 0 Å². The summed E-state index contributed by atoms with van der Waals surface area (Å²) in [6, 6.07) is 12.8. The first-order valence-corrected chi connectivity index (χ1v) is 8.42. The first kappa shape index (κ1) is 17.0. The summed E-state index contributed by atoms with van der Waals surface area (Å²) >= 11 is 1.40. The fraction of sp³-hybridized carbons (Fsp3) is 0.158. The highest BCUT2D eigenvalue weighted by molar-refractivity contribution is 7.21. The van der Waals surface area contributed by atoms with Gasteiger partial charge < -0.3 is 14.6 Å². The Kier molecular flexibility index (Phi) is 5.00. The van der Waals surface area contributed by atoms with Crippen molar-refractivity contribution in [1.82, 2.24) is 0 Å². The second-order valence-electron chi connectivity index (χ2n) is 5.33. The third-order valence-corrected chi connectivity index (χ3v) is 4.82. The van der Waals surface area contributed by atoms with Gasteiger partial charge in [0.1, 0.15) is 5.75 Å². The molecule has 0 fully saturated rings. The minimum atomic E-state index is -0.302. The molecule has 1 heterocycles. The van der Waals surface area contributed by atoms with E-state index in [0.717, 1.165) is 15.6 Å². The Hall–Kier alpha value is -2.86. The summed E-state index contributed by atoms with van der Waals surface area (Å²) in [7, 11) is 3.11. The number of fused-ring (bicyclic) bond motifs is 1. The molecule has 3 aromatic rings. The van der Waals surface area contributed by atoms with E-state index in [1.807, 2.05) is 24.3 Å². The van der Waals surface area contributed by atoms with Crippen LogP contribution in [0.5, 0.6) is 17.2 Å². The van der Waals surface area contributed by atoms with E-state index < -0.39 is 0 Å². The molecule has 6 heteroatoms. The van der Waals surface area contributed by atoms with Gasteiger partial charge in [-0.05, 0) is 29.8 Å². The zero-order valence-corrected chi connectivity index (χ0v) is 14.7. The van der Waals surface area contributed by atoms with Crippen molar-refractivity contribution in [1.29, 1.82) is 0 Å². The van der Waals surface area contributed by atoms with Gasteiger partial charge in [-0.1, -0.05) is 18.2 Å². The number of aliphatic imine (C=N–C) groups is 1. The number of amides is 1. The van der Waals surface area contributed by atoms with Crippen LogP contribution in [0.2, 0.25) is 0 Å². The van der Waals surface area contributed by atoms with Crippen molar-refractivity contribution < 1.29 is 19.4 Å². The summed E-state index contributed by atoms with van der Waals surface area (Å²) < 4.78 is 11.4. The second-order valence-corrected chi connectivity index (χ2v) is 6.41. The van der Waals surface area contributed by atoms with E-state index >= 15 is 0 Å². The van der Waals surface area contributed by atoms with Crippen LogP contribution in [0, 0.1) is 0 Å². The van der Waals surface area contributed by atoms with Gasteiger partial charge in [0.05, 0.1) is 31.7 Å². The molecule has 1 N–H and O–H groups in total. The molecule has 0 saturated heterocycles.